The van der Waals surface area contributed by atoms with Crippen LogP contribution in [0.15, 0.2) is 0 Å². The van der Waals surface area contributed by atoms with Crippen LogP contribution in [0.3, 0.4) is 0 Å². The number of phosphoric acid groups is 2. The molecule has 552 valence electrons. The van der Waals surface area contributed by atoms with Crippen molar-refractivity contribution in [3.8, 4) is 0 Å². The fourth-order valence-corrected chi connectivity index (χ4v) is 12.7. The molecule has 0 aliphatic carbocycles. The average Bonchev–Trinajstić information content (AvgIpc) is 2.47. The van der Waals surface area contributed by atoms with Gasteiger partial charge in [0.05, 0.1) is 26.4 Å². The minimum absolute atomic E-state index is 0.102. The molecule has 0 radical (unpaired) electrons. The van der Waals surface area contributed by atoms with Crippen LogP contribution in [-0.4, -0.2) is 96.7 Å². The molecular weight excluding hydrogens is 1220 g/mol. The number of carbonyl (C=O) groups is 4. The van der Waals surface area contributed by atoms with E-state index in [1.54, 1.807) is 0 Å². The molecule has 19 heteroatoms. The normalized spacial score (nSPS) is 14.5. The third kappa shape index (κ3) is 67.0. The lowest BCUT2D eigenvalue weighted by atomic mass is 9.99. The molecule has 0 aromatic carbocycles. The second-order valence-electron chi connectivity index (χ2n) is 28.4. The van der Waals surface area contributed by atoms with E-state index < -0.39 is 97.5 Å². The molecule has 93 heavy (non-hydrogen) atoms. The summed E-state index contributed by atoms with van der Waals surface area (Å²) in [5.74, 6) is 0.870. The minimum atomic E-state index is -4.96. The second-order valence-corrected chi connectivity index (χ2v) is 31.3. The van der Waals surface area contributed by atoms with Gasteiger partial charge < -0.3 is 33.8 Å². The summed E-state index contributed by atoms with van der Waals surface area (Å²) >= 11 is 0. The Bertz CT molecular complexity index is 1840. The predicted octanol–water partition coefficient (Wildman–Crippen LogP) is 21.3. The smallest absolute Gasteiger partial charge is 0.462 e. The van der Waals surface area contributed by atoms with E-state index in [1.807, 2.05) is 0 Å². The van der Waals surface area contributed by atoms with E-state index in [2.05, 4.69) is 55.4 Å². The van der Waals surface area contributed by atoms with E-state index in [1.165, 1.54) is 167 Å². The number of aliphatic hydroxyl groups excluding tert-OH is 1. The summed E-state index contributed by atoms with van der Waals surface area (Å²) < 4.78 is 68.4. The fourth-order valence-electron chi connectivity index (χ4n) is 11.2. The number of carbonyl (C=O) groups excluding carboxylic acids is 4. The first-order valence-corrected chi connectivity index (χ1v) is 41.2. The van der Waals surface area contributed by atoms with Gasteiger partial charge in [-0.3, -0.25) is 37.3 Å². The maximum absolute atomic E-state index is 13.1. The van der Waals surface area contributed by atoms with Crippen LogP contribution in [-0.2, 0) is 65.4 Å². The Morgan fingerprint density at radius 2 is 0.516 bits per heavy atom. The molecule has 0 aromatic rings. The largest absolute Gasteiger partial charge is 0.472 e. The molecule has 17 nitrogen and oxygen atoms in total. The lowest BCUT2D eigenvalue weighted by molar-refractivity contribution is -0.161. The Kier molecular flexibility index (Phi) is 62.2. The van der Waals surface area contributed by atoms with Crippen LogP contribution in [0.25, 0.3) is 0 Å². The van der Waals surface area contributed by atoms with Gasteiger partial charge in [0.2, 0.25) is 0 Å². The van der Waals surface area contributed by atoms with Crippen LogP contribution >= 0.6 is 15.6 Å². The van der Waals surface area contributed by atoms with Gasteiger partial charge in [-0.15, -0.1) is 0 Å². The first-order chi connectivity index (χ1) is 44.6. The molecule has 3 N–H and O–H groups in total. The van der Waals surface area contributed by atoms with E-state index >= 15 is 0 Å². The number of aliphatic hydroxyl groups is 1. The molecule has 0 aliphatic heterocycles. The zero-order valence-electron chi connectivity index (χ0n) is 60.9. The highest BCUT2D eigenvalue weighted by molar-refractivity contribution is 7.47. The van der Waals surface area contributed by atoms with Crippen molar-refractivity contribution in [2.24, 2.45) is 23.7 Å². The number of unbranched alkanes of at least 4 members (excludes halogenated alkanes) is 36. The Balaban J connectivity index is 5.19. The summed E-state index contributed by atoms with van der Waals surface area (Å²) in [6.07, 6.45) is 47.5. The van der Waals surface area contributed by atoms with Gasteiger partial charge >= 0.3 is 39.5 Å². The van der Waals surface area contributed by atoms with E-state index in [4.69, 9.17) is 37.0 Å². The molecule has 0 fully saturated rings. The second kappa shape index (κ2) is 63.5. The molecule has 0 saturated heterocycles. The van der Waals surface area contributed by atoms with Crippen molar-refractivity contribution in [1.82, 2.24) is 0 Å². The lowest BCUT2D eigenvalue weighted by Crippen LogP contribution is -2.30. The predicted molar refractivity (Wildman–Crippen MR) is 377 cm³/mol. The summed E-state index contributed by atoms with van der Waals surface area (Å²) in [6.45, 7) is 14.1. The van der Waals surface area contributed by atoms with E-state index in [0.29, 0.717) is 37.5 Å². The molecule has 0 heterocycles. The fraction of sp³-hybridized carbons (Fsp3) is 0.946. The van der Waals surface area contributed by atoms with E-state index in [0.717, 1.165) is 108 Å². The SMILES string of the molecule is CCC(C)CCCCCCCCCCC(=O)OC[C@H](COP(=O)(O)OCC(O)COP(=O)(O)OC[C@@H](COC(=O)CCCCCCCCCC(C)C)OC(=O)CCCCCCCCCC(C)C)OC(=O)CCCCCCCCCCCCCCCCCCCCC(C)C. The van der Waals surface area contributed by atoms with Crippen LogP contribution in [0.4, 0.5) is 0 Å². The summed E-state index contributed by atoms with van der Waals surface area (Å²) in [5.41, 5.74) is 0. The summed E-state index contributed by atoms with van der Waals surface area (Å²) in [7, 11) is -9.91. The number of rotatable bonds is 71. The Morgan fingerprint density at radius 1 is 0.301 bits per heavy atom. The van der Waals surface area contributed by atoms with Crippen LogP contribution in [0.2, 0.25) is 0 Å². The molecule has 0 bridgehead atoms. The highest BCUT2D eigenvalue weighted by Crippen LogP contribution is 2.45. The van der Waals surface area contributed by atoms with Crippen molar-refractivity contribution < 1.29 is 80.2 Å². The monoisotopic (exact) mass is 1370 g/mol. The molecule has 6 atom stereocenters. The third-order valence-electron chi connectivity index (χ3n) is 17.4. The van der Waals surface area contributed by atoms with Crippen molar-refractivity contribution >= 4 is 39.5 Å². The molecule has 0 rings (SSSR count). The number of ether oxygens (including phenoxy) is 4. The zero-order chi connectivity index (χ0) is 68.9. The van der Waals surface area contributed by atoms with Crippen molar-refractivity contribution in [3.05, 3.63) is 0 Å². The summed E-state index contributed by atoms with van der Waals surface area (Å²) in [5, 5.41) is 10.6. The van der Waals surface area contributed by atoms with Gasteiger partial charge in [-0.25, -0.2) is 9.13 Å². The lowest BCUT2D eigenvalue weighted by Gasteiger charge is -2.21. The zero-order valence-corrected chi connectivity index (χ0v) is 62.7. The molecule has 4 unspecified atom stereocenters. The van der Waals surface area contributed by atoms with Crippen LogP contribution in [0.1, 0.15) is 370 Å². The van der Waals surface area contributed by atoms with E-state index in [-0.39, 0.29) is 25.7 Å². The topological polar surface area (TPSA) is 237 Å². The number of hydrogen-bond acceptors (Lipinski definition) is 15. The molecule has 0 aliphatic rings. The Hall–Kier alpha value is -1.94. The number of phosphoric ester groups is 2. The van der Waals surface area contributed by atoms with Crippen LogP contribution < -0.4 is 0 Å². The first-order valence-electron chi connectivity index (χ1n) is 38.2. The van der Waals surface area contributed by atoms with Gasteiger partial charge in [-0.1, -0.05) is 319 Å². The van der Waals surface area contributed by atoms with Crippen molar-refractivity contribution in [2.75, 3.05) is 39.6 Å². The molecule has 0 saturated carbocycles. The van der Waals surface area contributed by atoms with Gasteiger partial charge in [0.1, 0.15) is 19.3 Å². The van der Waals surface area contributed by atoms with Crippen LogP contribution in [0.5, 0.6) is 0 Å². The van der Waals surface area contributed by atoms with Gasteiger partial charge in [0, 0.05) is 25.7 Å². The van der Waals surface area contributed by atoms with E-state index in [9.17, 15) is 43.2 Å². The average molecular weight is 1370 g/mol. The molecule has 0 amide bonds. The minimum Gasteiger partial charge on any atom is -0.462 e. The highest BCUT2D eigenvalue weighted by atomic mass is 31.2. The first kappa shape index (κ1) is 91.1. The quantitative estimate of drug-likeness (QED) is 0.0222. The Morgan fingerprint density at radius 3 is 0.763 bits per heavy atom. The van der Waals surface area contributed by atoms with Crippen molar-refractivity contribution in [3.63, 3.8) is 0 Å². The van der Waals surface area contributed by atoms with Crippen LogP contribution in [0, 0.1) is 23.7 Å². The van der Waals surface area contributed by atoms with Crippen molar-refractivity contribution in [2.45, 2.75) is 388 Å². The summed E-state index contributed by atoms with van der Waals surface area (Å²) in [6, 6.07) is 0. The third-order valence-corrected chi connectivity index (χ3v) is 19.3. The maximum atomic E-state index is 13.1. The van der Waals surface area contributed by atoms with Crippen molar-refractivity contribution in [1.29, 1.82) is 0 Å². The maximum Gasteiger partial charge on any atom is 0.472 e. The van der Waals surface area contributed by atoms with Gasteiger partial charge in [-0.2, -0.15) is 0 Å². The highest BCUT2D eigenvalue weighted by Gasteiger charge is 2.30. The molecule has 0 aromatic heterocycles. The summed E-state index contributed by atoms with van der Waals surface area (Å²) in [4.78, 5) is 72.6. The molecule has 0 spiro atoms. The number of hydrogen-bond donors (Lipinski definition) is 3. The van der Waals surface area contributed by atoms with Gasteiger partial charge in [-0.05, 0) is 49.4 Å². The number of esters is 4. The van der Waals surface area contributed by atoms with Gasteiger partial charge in [0.25, 0.3) is 0 Å². The Labute approximate surface area is 568 Å². The standard InChI is InChI=1S/C74H144O17P2/c1-9-67(8)53-45-37-29-22-23-30-38-46-54-71(76)84-60-69(90-73(78)56-48-40-31-21-19-17-15-13-11-10-12-14-16-18-20-26-34-42-50-64(2)3)62-88-92(80,81)86-58-68(75)59-87-93(82,83)89-63-70(91-74(79)57-49-41-33-25-28-36-44-52-66(6)7)61-85-72(77)55-47-39-32-24-27-35-43-51-65(4)5/h64-70,75H,9-63H2,1-8H3,(H,80,81)(H,82,83)/t67?,68?,69-,70-/m1/s1. The molecular formula is C74H144O17P2. The van der Waals surface area contributed by atoms with Gasteiger partial charge in [0.15, 0.2) is 12.2 Å².